The van der Waals surface area contributed by atoms with Crippen molar-refractivity contribution in [2.24, 2.45) is 11.7 Å². The molecule has 3 aromatic rings. The lowest BCUT2D eigenvalue weighted by Crippen LogP contribution is -2.41. The van der Waals surface area contributed by atoms with Crippen LogP contribution in [0, 0.1) is 11.7 Å². The summed E-state index contributed by atoms with van der Waals surface area (Å²) in [7, 11) is 0. The van der Waals surface area contributed by atoms with Gasteiger partial charge in [0.2, 0.25) is 5.91 Å². The number of H-pyrrole nitrogens is 1. The van der Waals surface area contributed by atoms with Crippen LogP contribution in [0.1, 0.15) is 47.3 Å². The second kappa shape index (κ2) is 8.67. The Kier molecular flexibility index (Phi) is 5.79. The number of hydrogen-bond acceptors (Lipinski definition) is 4. The van der Waals surface area contributed by atoms with Gasteiger partial charge in [-0.25, -0.2) is 9.49 Å². The molecule has 1 fully saturated rings. The fourth-order valence-electron chi connectivity index (χ4n) is 4.20. The smallest absolute Gasteiger partial charge is 0.272 e. The van der Waals surface area contributed by atoms with Gasteiger partial charge in [0.1, 0.15) is 5.82 Å². The van der Waals surface area contributed by atoms with E-state index >= 15 is 0 Å². The minimum atomic E-state index is -0.622. The molecule has 1 heterocycles. The summed E-state index contributed by atoms with van der Waals surface area (Å²) in [5.41, 5.74) is 6.38. The molecule has 2 unspecified atom stereocenters. The van der Waals surface area contributed by atoms with Crippen molar-refractivity contribution in [3.05, 3.63) is 75.5 Å². The van der Waals surface area contributed by atoms with Crippen LogP contribution in [-0.4, -0.2) is 28.1 Å². The molecular weight excluding hydrogens is 399 g/mol. The topological polar surface area (TPSA) is 118 Å². The quantitative estimate of drug-likeness (QED) is 0.585. The summed E-state index contributed by atoms with van der Waals surface area (Å²) >= 11 is 0. The van der Waals surface area contributed by atoms with Crippen molar-refractivity contribution in [2.75, 3.05) is 0 Å². The second-order valence-corrected chi connectivity index (χ2v) is 7.97. The molecule has 8 heteroatoms. The normalized spacial score (nSPS) is 18.6. The maximum absolute atomic E-state index is 14.4. The van der Waals surface area contributed by atoms with E-state index in [0.29, 0.717) is 41.3 Å². The molecule has 1 aliphatic rings. The minimum absolute atomic E-state index is 0.0626. The van der Waals surface area contributed by atoms with Gasteiger partial charge in [0.05, 0.1) is 16.6 Å². The molecular formula is C23H23FN4O3. The van der Waals surface area contributed by atoms with Crippen LogP contribution in [0.15, 0.2) is 47.3 Å². The predicted octanol–water partition coefficient (Wildman–Crippen LogP) is 2.43. The van der Waals surface area contributed by atoms with Crippen LogP contribution in [0.5, 0.6) is 0 Å². The van der Waals surface area contributed by atoms with Gasteiger partial charge in [-0.1, -0.05) is 30.7 Å². The molecule has 2 atom stereocenters. The largest absolute Gasteiger partial charge is 0.369 e. The van der Waals surface area contributed by atoms with E-state index < -0.39 is 11.7 Å². The van der Waals surface area contributed by atoms with E-state index in [0.717, 1.165) is 12.8 Å². The number of aromatic nitrogens is 2. The van der Waals surface area contributed by atoms with Crippen LogP contribution in [0.4, 0.5) is 4.39 Å². The number of carbonyl (C=O) groups excluding carboxylic acids is 2. The Morgan fingerprint density at radius 2 is 1.94 bits per heavy atom. The van der Waals surface area contributed by atoms with Gasteiger partial charge in [0.15, 0.2) is 0 Å². The third-order valence-electron chi connectivity index (χ3n) is 5.83. The van der Waals surface area contributed by atoms with Gasteiger partial charge in [-0.05, 0) is 43.0 Å². The number of nitrogens with one attached hydrogen (secondary N) is 2. The van der Waals surface area contributed by atoms with Crippen molar-refractivity contribution in [2.45, 2.75) is 38.1 Å². The van der Waals surface area contributed by atoms with E-state index in [1.807, 2.05) is 12.1 Å². The molecule has 0 bridgehead atoms. The molecule has 31 heavy (non-hydrogen) atoms. The lowest BCUT2D eigenvalue weighted by atomic mass is 9.85. The molecule has 2 aromatic carbocycles. The van der Waals surface area contributed by atoms with E-state index in [1.54, 1.807) is 18.2 Å². The van der Waals surface area contributed by atoms with Gasteiger partial charge >= 0.3 is 0 Å². The third-order valence-corrected chi connectivity index (χ3v) is 5.83. The number of primary amides is 1. The van der Waals surface area contributed by atoms with Crippen LogP contribution in [-0.2, 0) is 11.2 Å². The first kappa shape index (κ1) is 20.7. The molecule has 1 saturated carbocycles. The Morgan fingerprint density at radius 3 is 2.71 bits per heavy atom. The zero-order valence-corrected chi connectivity index (χ0v) is 16.9. The number of nitrogens with two attached hydrogens (primary N) is 1. The number of amides is 2. The Labute approximate surface area is 177 Å². The molecule has 4 N–H and O–H groups in total. The zero-order chi connectivity index (χ0) is 22.0. The molecule has 2 amide bonds. The van der Waals surface area contributed by atoms with E-state index in [-0.39, 0.29) is 29.0 Å². The summed E-state index contributed by atoms with van der Waals surface area (Å²) in [5.74, 6) is -1.78. The summed E-state index contributed by atoms with van der Waals surface area (Å²) in [4.78, 5) is 36.2. The number of nitrogens with zero attached hydrogens (tertiary/aromatic N) is 1. The second-order valence-electron chi connectivity index (χ2n) is 7.97. The Morgan fingerprint density at radius 1 is 1.16 bits per heavy atom. The molecule has 160 valence electrons. The van der Waals surface area contributed by atoms with Gasteiger partial charge < -0.3 is 11.1 Å². The van der Waals surface area contributed by atoms with Crippen LogP contribution in [0.2, 0.25) is 0 Å². The van der Waals surface area contributed by atoms with Crippen LogP contribution in [0.25, 0.3) is 10.8 Å². The average molecular weight is 422 g/mol. The van der Waals surface area contributed by atoms with E-state index in [4.69, 9.17) is 5.73 Å². The van der Waals surface area contributed by atoms with Crippen molar-refractivity contribution in [3.8, 4) is 0 Å². The third kappa shape index (κ3) is 4.47. The molecule has 4 rings (SSSR count). The highest BCUT2D eigenvalue weighted by molar-refractivity contribution is 5.95. The predicted molar refractivity (Wildman–Crippen MR) is 114 cm³/mol. The summed E-state index contributed by atoms with van der Waals surface area (Å²) in [5, 5.41) is 10.7. The number of benzene rings is 2. The number of halogens is 1. The van der Waals surface area contributed by atoms with Gasteiger partial charge in [-0.3, -0.25) is 14.4 Å². The fraction of sp³-hybridized carbons (Fsp3) is 0.304. The van der Waals surface area contributed by atoms with Gasteiger partial charge in [-0.2, -0.15) is 5.10 Å². The average Bonchev–Trinajstić information content (AvgIpc) is 2.77. The maximum atomic E-state index is 14.4. The minimum Gasteiger partial charge on any atom is -0.369 e. The van der Waals surface area contributed by atoms with Gasteiger partial charge in [0.25, 0.3) is 11.5 Å². The molecule has 0 aliphatic heterocycles. The summed E-state index contributed by atoms with van der Waals surface area (Å²) in [6.45, 7) is 0. The van der Waals surface area contributed by atoms with Crippen molar-refractivity contribution < 1.29 is 14.0 Å². The van der Waals surface area contributed by atoms with E-state index in [9.17, 15) is 18.8 Å². The monoisotopic (exact) mass is 422 g/mol. The molecule has 1 aromatic heterocycles. The Balaban J connectivity index is 1.55. The summed E-state index contributed by atoms with van der Waals surface area (Å²) in [6.07, 6.45) is 3.02. The highest BCUT2D eigenvalue weighted by Crippen LogP contribution is 2.25. The number of aromatic amines is 1. The zero-order valence-electron chi connectivity index (χ0n) is 16.9. The van der Waals surface area contributed by atoms with Crippen LogP contribution >= 0.6 is 0 Å². The number of carbonyl (C=O) groups is 2. The van der Waals surface area contributed by atoms with E-state index in [2.05, 4.69) is 15.5 Å². The lowest BCUT2D eigenvalue weighted by molar-refractivity contribution is -0.122. The first-order valence-corrected chi connectivity index (χ1v) is 10.3. The highest BCUT2D eigenvalue weighted by Gasteiger charge is 2.27. The maximum Gasteiger partial charge on any atom is 0.272 e. The van der Waals surface area contributed by atoms with Gasteiger partial charge in [-0.15, -0.1) is 0 Å². The van der Waals surface area contributed by atoms with E-state index in [1.165, 1.54) is 12.1 Å². The Bertz CT molecular complexity index is 1210. The standard InChI is InChI=1S/C23H23FN4O3/c24-19-9-8-13(11-20-16-6-1-2-7-17(16)23(31)28-27-20)10-18(19)22(30)26-15-5-3-4-14(12-15)21(25)29/h1-2,6-10,14-15H,3-5,11-12H2,(H2,25,29)(H,26,30)(H,28,31). The summed E-state index contributed by atoms with van der Waals surface area (Å²) in [6, 6.07) is 11.2. The molecule has 7 nitrogen and oxygen atoms in total. The first-order chi connectivity index (χ1) is 14.9. The van der Waals surface area contributed by atoms with Crippen molar-refractivity contribution in [3.63, 3.8) is 0 Å². The van der Waals surface area contributed by atoms with Crippen molar-refractivity contribution in [1.82, 2.24) is 15.5 Å². The fourth-order valence-corrected chi connectivity index (χ4v) is 4.20. The summed E-state index contributed by atoms with van der Waals surface area (Å²) < 4.78 is 14.4. The molecule has 0 saturated heterocycles. The molecule has 0 spiro atoms. The number of fused-ring (bicyclic) bond motifs is 1. The number of hydrogen-bond donors (Lipinski definition) is 3. The lowest BCUT2D eigenvalue weighted by Gasteiger charge is -2.28. The van der Waals surface area contributed by atoms with Gasteiger partial charge in [0, 0.05) is 23.8 Å². The Hall–Kier alpha value is -3.55. The van der Waals surface area contributed by atoms with Crippen molar-refractivity contribution >= 4 is 22.6 Å². The van der Waals surface area contributed by atoms with Crippen LogP contribution in [0.3, 0.4) is 0 Å². The SMILES string of the molecule is NC(=O)C1CCCC(NC(=O)c2cc(Cc3n[nH]c(=O)c4ccccc34)ccc2F)C1. The highest BCUT2D eigenvalue weighted by atomic mass is 19.1. The molecule has 0 radical (unpaired) electrons. The van der Waals surface area contributed by atoms with Crippen LogP contribution < -0.4 is 16.6 Å². The first-order valence-electron chi connectivity index (χ1n) is 10.3. The van der Waals surface area contributed by atoms with Crippen molar-refractivity contribution in [1.29, 1.82) is 0 Å². The number of rotatable bonds is 5. The molecule has 1 aliphatic carbocycles.